The van der Waals surface area contributed by atoms with Gasteiger partial charge < -0.3 is 11.1 Å². The van der Waals surface area contributed by atoms with Crippen LogP contribution < -0.4 is 11.1 Å². The van der Waals surface area contributed by atoms with Gasteiger partial charge in [-0.25, -0.2) is 0 Å². The fourth-order valence-corrected chi connectivity index (χ4v) is 0.295. The minimum Gasteiger partial charge on any atom is -0.329 e. The van der Waals surface area contributed by atoms with Gasteiger partial charge in [0.15, 0.2) is 0 Å². The molecule has 0 saturated carbocycles. The first-order valence-corrected chi connectivity index (χ1v) is 2.22. The average Bonchev–Trinajstić information content (AvgIpc) is 2.22. The van der Waals surface area contributed by atoms with Crippen molar-refractivity contribution in [3.8, 4) is 0 Å². The van der Waals surface area contributed by atoms with Crippen LogP contribution in [0.2, 0.25) is 0 Å². The van der Waals surface area contributed by atoms with E-state index < -0.39 is 0 Å². The van der Waals surface area contributed by atoms with Gasteiger partial charge >= 0.3 is 0 Å². The normalized spacial score (nSPS) is 43.0. The summed E-state index contributed by atoms with van der Waals surface area (Å²) < 4.78 is 0. The van der Waals surface area contributed by atoms with Gasteiger partial charge in [-0.15, -0.1) is 0 Å². The zero-order chi connectivity index (χ0) is 4.62. The number of hydrogen-bond acceptors (Lipinski definition) is 2. The zero-order valence-corrected chi connectivity index (χ0v) is 3.99. The van der Waals surface area contributed by atoms with Crippen LogP contribution in [0.1, 0.15) is 6.92 Å². The van der Waals surface area contributed by atoms with Crippen molar-refractivity contribution < 1.29 is 0 Å². The first-order chi connectivity index (χ1) is 2.77. The van der Waals surface area contributed by atoms with E-state index in [1.807, 2.05) is 0 Å². The second-order valence-electron chi connectivity index (χ2n) is 2.12. The van der Waals surface area contributed by atoms with Gasteiger partial charge in [-0.2, -0.15) is 0 Å². The van der Waals surface area contributed by atoms with Crippen molar-refractivity contribution in [2.75, 3.05) is 13.1 Å². The third-order valence-electron chi connectivity index (χ3n) is 1.23. The molecule has 1 heterocycles. The minimum atomic E-state index is 0.319. The lowest BCUT2D eigenvalue weighted by molar-refractivity contribution is 0.707. The Labute approximate surface area is 37.7 Å². The summed E-state index contributed by atoms with van der Waals surface area (Å²) in [6, 6.07) is 0. The molecule has 3 N–H and O–H groups in total. The quantitative estimate of drug-likeness (QED) is 0.415. The molecule has 0 aromatic heterocycles. The molecule has 0 bridgehead atoms. The number of rotatable bonds is 1. The predicted molar refractivity (Wildman–Crippen MR) is 25.5 cm³/mol. The van der Waals surface area contributed by atoms with Crippen molar-refractivity contribution in [3.05, 3.63) is 0 Å². The SMILES string of the molecule is CC1(CN)CN1. The molecule has 2 heteroatoms. The smallest absolute Gasteiger partial charge is 0.0402 e. The summed E-state index contributed by atoms with van der Waals surface area (Å²) >= 11 is 0. The fraction of sp³-hybridized carbons (Fsp3) is 1.00. The highest BCUT2D eigenvalue weighted by atomic mass is 15.2. The van der Waals surface area contributed by atoms with Gasteiger partial charge in [0.1, 0.15) is 0 Å². The summed E-state index contributed by atoms with van der Waals surface area (Å²) in [4.78, 5) is 0. The molecule has 0 aromatic carbocycles. The van der Waals surface area contributed by atoms with Crippen LogP contribution >= 0.6 is 0 Å². The highest BCUT2D eigenvalue weighted by Crippen LogP contribution is 2.11. The van der Waals surface area contributed by atoms with Crippen LogP contribution in [0.25, 0.3) is 0 Å². The molecular formula is C4H10N2. The molecule has 1 aliphatic heterocycles. The molecule has 2 nitrogen and oxygen atoms in total. The van der Waals surface area contributed by atoms with Crippen LogP contribution in [0.5, 0.6) is 0 Å². The van der Waals surface area contributed by atoms with E-state index >= 15 is 0 Å². The molecule has 0 spiro atoms. The van der Waals surface area contributed by atoms with Crippen LogP contribution in [0.15, 0.2) is 0 Å². The van der Waals surface area contributed by atoms with Crippen LogP contribution in [-0.2, 0) is 0 Å². The third-order valence-corrected chi connectivity index (χ3v) is 1.23. The Balaban J connectivity index is 2.28. The maximum atomic E-state index is 5.31. The van der Waals surface area contributed by atoms with Crippen LogP contribution in [0.4, 0.5) is 0 Å². The van der Waals surface area contributed by atoms with Crippen molar-refractivity contribution >= 4 is 0 Å². The lowest BCUT2D eigenvalue weighted by Crippen LogP contribution is -2.22. The minimum absolute atomic E-state index is 0.319. The highest BCUT2D eigenvalue weighted by molar-refractivity contribution is 5.00. The number of nitrogens with two attached hydrogens (primary N) is 1. The van der Waals surface area contributed by atoms with Gasteiger partial charge in [0.2, 0.25) is 0 Å². The molecule has 1 rings (SSSR count). The number of hydrogen-bond donors (Lipinski definition) is 2. The molecule has 0 aromatic rings. The van der Waals surface area contributed by atoms with Crippen molar-refractivity contribution in [3.63, 3.8) is 0 Å². The second kappa shape index (κ2) is 0.950. The summed E-state index contributed by atoms with van der Waals surface area (Å²) in [5, 5.41) is 3.14. The summed E-state index contributed by atoms with van der Waals surface area (Å²) in [5.41, 5.74) is 5.62. The Hall–Kier alpha value is -0.0800. The molecule has 6 heavy (non-hydrogen) atoms. The Kier molecular flexibility index (Phi) is 0.648. The largest absolute Gasteiger partial charge is 0.329 e. The molecule has 1 aliphatic rings. The fourth-order valence-electron chi connectivity index (χ4n) is 0.295. The molecule has 1 saturated heterocycles. The molecule has 0 radical (unpaired) electrons. The summed E-state index contributed by atoms with van der Waals surface area (Å²) in [5.74, 6) is 0. The molecule has 36 valence electrons. The lowest BCUT2D eigenvalue weighted by Gasteiger charge is -1.95. The molecule has 1 fully saturated rings. The summed E-state index contributed by atoms with van der Waals surface area (Å²) in [7, 11) is 0. The van der Waals surface area contributed by atoms with Gasteiger partial charge in [-0.1, -0.05) is 0 Å². The number of nitrogens with one attached hydrogen (secondary N) is 1. The van der Waals surface area contributed by atoms with Crippen molar-refractivity contribution in [2.45, 2.75) is 12.5 Å². The third kappa shape index (κ3) is 0.533. The average molecular weight is 86.1 g/mol. The molecular weight excluding hydrogens is 76.1 g/mol. The van der Waals surface area contributed by atoms with Crippen LogP contribution in [0, 0.1) is 0 Å². The van der Waals surface area contributed by atoms with E-state index in [-0.39, 0.29) is 0 Å². The zero-order valence-electron chi connectivity index (χ0n) is 3.99. The first-order valence-electron chi connectivity index (χ1n) is 2.22. The lowest BCUT2D eigenvalue weighted by atomic mass is 10.2. The molecule has 0 amide bonds. The standard InChI is InChI=1S/C4H10N2/c1-4(2-5)3-6-4/h6H,2-3,5H2,1H3. The molecule has 1 unspecified atom stereocenters. The van der Waals surface area contributed by atoms with Crippen molar-refractivity contribution in [1.82, 2.24) is 5.32 Å². The van der Waals surface area contributed by atoms with Gasteiger partial charge in [-0.05, 0) is 6.92 Å². The van der Waals surface area contributed by atoms with E-state index in [1.165, 1.54) is 0 Å². The van der Waals surface area contributed by atoms with E-state index in [0.29, 0.717) is 5.54 Å². The van der Waals surface area contributed by atoms with Gasteiger partial charge in [0, 0.05) is 18.6 Å². The van der Waals surface area contributed by atoms with Crippen LogP contribution in [-0.4, -0.2) is 18.6 Å². The van der Waals surface area contributed by atoms with Gasteiger partial charge in [0.25, 0.3) is 0 Å². The van der Waals surface area contributed by atoms with Crippen molar-refractivity contribution in [1.29, 1.82) is 0 Å². The summed E-state index contributed by atoms with van der Waals surface area (Å²) in [6.45, 7) is 3.99. The maximum absolute atomic E-state index is 5.31. The monoisotopic (exact) mass is 86.1 g/mol. The first kappa shape index (κ1) is 4.09. The van der Waals surface area contributed by atoms with Crippen LogP contribution in [0.3, 0.4) is 0 Å². The Morgan fingerprint density at radius 3 is 2.50 bits per heavy atom. The maximum Gasteiger partial charge on any atom is 0.0402 e. The van der Waals surface area contributed by atoms with E-state index in [4.69, 9.17) is 5.73 Å². The predicted octanol–water partition coefficient (Wildman–Crippen LogP) is -0.693. The van der Waals surface area contributed by atoms with Gasteiger partial charge in [0.05, 0.1) is 0 Å². The van der Waals surface area contributed by atoms with Gasteiger partial charge in [-0.3, -0.25) is 0 Å². The topological polar surface area (TPSA) is 48.0 Å². The summed E-state index contributed by atoms with van der Waals surface area (Å²) in [6.07, 6.45) is 0. The van der Waals surface area contributed by atoms with E-state index in [0.717, 1.165) is 13.1 Å². The Morgan fingerprint density at radius 2 is 2.50 bits per heavy atom. The van der Waals surface area contributed by atoms with E-state index in [2.05, 4.69) is 12.2 Å². The van der Waals surface area contributed by atoms with E-state index in [9.17, 15) is 0 Å². The highest BCUT2D eigenvalue weighted by Gasteiger charge is 2.34. The molecule has 1 atom stereocenters. The van der Waals surface area contributed by atoms with E-state index in [1.54, 1.807) is 0 Å². The molecule has 0 aliphatic carbocycles. The Morgan fingerprint density at radius 1 is 2.00 bits per heavy atom. The Bertz CT molecular complexity index is 56.6. The second-order valence-corrected chi connectivity index (χ2v) is 2.12. The van der Waals surface area contributed by atoms with Crippen molar-refractivity contribution in [2.24, 2.45) is 5.73 Å².